The lowest BCUT2D eigenvalue weighted by Gasteiger charge is -2.22. The van der Waals surface area contributed by atoms with E-state index in [1.165, 1.54) is 16.3 Å². The van der Waals surface area contributed by atoms with Gasteiger partial charge in [0.1, 0.15) is 11.6 Å². The van der Waals surface area contributed by atoms with Gasteiger partial charge in [0.05, 0.1) is 25.2 Å². The number of aromatic amines is 1. The molecule has 1 aliphatic rings. The molecule has 0 saturated heterocycles. The zero-order chi connectivity index (χ0) is 33.1. The van der Waals surface area contributed by atoms with E-state index in [0.29, 0.717) is 22.2 Å². The van der Waals surface area contributed by atoms with E-state index in [1.807, 2.05) is 19.1 Å². The molecule has 0 spiro atoms. The molecule has 238 valence electrons. The van der Waals surface area contributed by atoms with Crippen LogP contribution in [-0.2, 0) is 29.0 Å². The number of H-pyrrole nitrogens is 1. The zero-order valence-electron chi connectivity index (χ0n) is 25.6. The first-order valence-corrected chi connectivity index (χ1v) is 15.8. The molecule has 0 fully saturated rings. The first kappa shape index (κ1) is 31.5. The molecule has 0 saturated carbocycles. The maximum Gasteiger partial charge on any atom is 0.334 e. The average Bonchev–Trinajstić information content (AvgIpc) is 3.40. The standard InChI is InChI=1S/C34H31N7O5S/c1-3-20-5-9-25-22(13-20)7-6-21-12-19(2)4-8-24(21)31(25)26-17-41(34(46)40-32(26)45)28-10-11-36-27(38-28)15-35-16-29(42)39-33-37-23(18-47-33)14-30(43)44/h4-13,17-18,31,35H,3,14-16H2,1-2H3,(H,43,44)(H,37,39,42)(H,40,45,46). The zero-order valence-corrected chi connectivity index (χ0v) is 26.4. The van der Waals surface area contributed by atoms with Gasteiger partial charge < -0.3 is 15.7 Å². The summed E-state index contributed by atoms with van der Waals surface area (Å²) < 4.78 is 1.30. The fourth-order valence-corrected chi connectivity index (χ4v) is 6.28. The first-order valence-electron chi connectivity index (χ1n) is 14.9. The molecule has 3 aromatic heterocycles. The van der Waals surface area contributed by atoms with E-state index in [-0.39, 0.29) is 31.2 Å². The third-order valence-corrected chi connectivity index (χ3v) is 8.59. The number of thiazole rings is 1. The number of rotatable bonds is 10. The van der Waals surface area contributed by atoms with E-state index in [4.69, 9.17) is 5.11 Å². The Hall–Kier alpha value is -5.53. The number of aromatic nitrogens is 5. The predicted octanol–water partition coefficient (Wildman–Crippen LogP) is 3.66. The number of aliphatic carboxylic acids is 1. The highest BCUT2D eigenvalue weighted by molar-refractivity contribution is 7.13. The van der Waals surface area contributed by atoms with E-state index < -0.39 is 23.1 Å². The molecule has 0 radical (unpaired) electrons. The van der Waals surface area contributed by atoms with Crippen LogP contribution in [0.1, 0.15) is 63.3 Å². The molecule has 1 atom stereocenters. The fourth-order valence-electron chi connectivity index (χ4n) is 5.56. The van der Waals surface area contributed by atoms with Gasteiger partial charge in [-0.1, -0.05) is 61.0 Å². The summed E-state index contributed by atoms with van der Waals surface area (Å²) in [5.41, 5.74) is 5.83. The molecule has 2 aromatic carbocycles. The van der Waals surface area contributed by atoms with Gasteiger partial charge in [-0.3, -0.25) is 23.9 Å². The lowest BCUT2D eigenvalue weighted by molar-refractivity contribution is -0.136. The highest BCUT2D eigenvalue weighted by Crippen LogP contribution is 2.38. The molecule has 1 amide bonds. The number of carbonyl (C=O) groups is 2. The summed E-state index contributed by atoms with van der Waals surface area (Å²) in [6.45, 7) is 4.15. The Morgan fingerprint density at radius 1 is 1.02 bits per heavy atom. The maximum absolute atomic E-state index is 13.5. The van der Waals surface area contributed by atoms with Crippen LogP contribution in [0, 0.1) is 6.92 Å². The van der Waals surface area contributed by atoms with Crippen LogP contribution in [0.15, 0.2) is 69.8 Å². The molecule has 0 bridgehead atoms. The summed E-state index contributed by atoms with van der Waals surface area (Å²) in [6.07, 6.45) is 7.86. The van der Waals surface area contributed by atoms with E-state index >= 15 is 0 Å². The van der Waals surface area contributed by atoms with Crippen LogP contribution < -0.4 is 21.9 Å². The van der Waals surface area contributed by atoms with Crippen molar-refractivity contribution in [3.05, 3.63) is 132 Å². The quantitative estimate of drug-likeness (QED) is 0.173. The summed E-state index contributed by atoms with van der Waals surface area (Å²) in [4.78, 5) is 65.3. The Morgan fingerprint density at radius 2 is 1.79 bits per heavy atom. The molecule has 0 aliphatic heterocycles. The van der Waals surface area contributed by atoms with E-state index in [2.05, 4.69) is 73.9 Å². The van der Waals surface area contributed by atoms with Gasteiger partial charge in [-0.15, -0.1) is 11.3 Å². The van der Waals surface area contributed by atoms with E-state index in [9.17, 15) is 19.2 Å². The van der Waals surface area contributed by atoms with Gasteiger partial charge >= 0.3 is 11.7 Å². The van der Waals surface area contributed by atoms with Gasteiger partial charge in [0.15, 0.2) is 5.13 Å². The van der Waals surface area contributed by atoms with Crippen LogP contribution in [0.3, 0.4) is 0 Å². The van der Waals surface area contributed by atoms with Crippen molar-refractivity contribution in [3.63, 3.8) is 0 Å². The average molecular weight is 650 g/mol. The molecule has 5 aromatic rings. The first-order chi connectivity index (χ1) is 22.7. The Morgan fingerprint density at radius 3 is 2.55 bits per heavy atom. The number of nitrogens with zero attached hydrogens (tertiary/aromatic N) is 4. The van der Waals surface area contributed by atoms with Gasteiger partial charge in [0, 0.05) is 29.3 Å². The number of carboxylic acid groups (broad SMARTS) is 1. The van der Waals surface area contributed by atoms with Crippen LogP contribution in [0.25, 0.3) is 18.0 Å². The number of benzene rings is 2. The van der Waals surface area contributed by atoms with Crippen molar-refractivity contribution < 1.29 is 14.7 Å². The van der Waals surface area contributed by atoms with E-state index in [1.54, 1.807) is 17.6 Å². The number of anilines is 1. The second-order valence-corrected chi connectivity index (χ2v) is 12.0. The molecular formula is C34H31N7O5S. The molecule has 3 heterocycles. The summed E-state index contributed by atoms with van der Waals surface area (Å²) >= 11 is 1.14. The summed E-state index contributed by atoms with van der Waals surface area (Å²) in [7, 11) is 0. The molecule has 12 nitrogen and oxygen atoms in total. The number of carboxylic acids is 1. The predicted molar refractivity (Wildman–Crippen MR) is 179 cm³/mol. The lowest BCUT2D eigenvalue weighted by atomic mass is 9.82. The Balaban J connectivity index is 1.26. The number of carbonyl (C=O) groups excluding carboxylic acids is 1. The normalized spacial score (nSPS) is 13.4. The van der Waals surface area contributed by atoms with Crippen LogP contribution in [0.2, 0.25) is 0 Å². The molecular weight excluding hydrogens is 618 g/mol. The summed E-state index contributed by atoms with van der Waals surface area (Å²) in [6, 6.07) is 14.0. The Bertz CT molecular complexity index is 2150. The number of hydrogen-bond donors (Lipinski definition) is 4. The fraction of sp³-hybridized carbons (Fsp3) is 0.206. The highest BCUT2D eigenvalue weighted by Gasteiger charge is 2.27. The van der Waals surface area contributed by atoms with Crippen LogP contribution in [0.4, 0.5) is 5.13 Å². The second kappa shape index (κ2) is 13.4. The number of aryl methyl sites for hydroxylation is 2. The van der Waals surface area contributed by atoms with Gasteiger partial charge in [0.25, 0.3) is 5.56 Å². The van der Waals surface area contributed by atoms with Crippen molar-refractivity contribution in [1.29, 1.82) is 0 Å². The molecule has 47 heavy (non-hydrogen) atoms. The maximum atomic E-state index is 13.5. The Kier molecular flexibility index (Phi) is 9.00. The van der Waals surface area contributed by atoms with Gasteiger partial charge in [-0.05, 0) is 47.2 Å². The number of nitrogens with one attached hydrogen (secondary N) is 3. The molecule has 13 heteroatoms. The third-order valence-electron chi connectivity index (χ3n) is 7.78. The Labute approximate surface area is 272 Å². The third kappa shape index (κ3) is 7.00. The molecule has 6 rings (SSSR count). The summed E-state index contributed by atoms with van der Waals surface area (Å²) in [5, 5.41) is 16.4. The van der Waals surface area contributed by atoms with Gasteiger partial charge in [-0.25, -0.2) is 19.7 Å². The number of amides is 1. The van der Waals surface area contributed by atoms with Crippen LogP contribution in [-0.4, -0.2) is 48.0 Å². The van der Waals surface area contributed by atoms with Gasteiger partial charge in [0.2, 0.25) is 5.91 Å². The van der Waals surface area contributed by atoms with Crippen molar-refractivity contribution in [2.45, 2.75) is 39.2 Å². The van der Waals surface area contributed by atoms with Crippen molar-refractivity contribution in [3.8, 4) is 5.82 Å². The minimum absolute atomic E-state index is 0.0854. The van der Waals surface area contributed by atoms with Crippen molar-refractivity contribution in [2.24, 2.45) is 0 Å². The smallest absolute Gasteiger partial charge is 0.334 e. The lowest BCUT2D eigenvalue weighted by Crippen LogP contribution is -2.33. The molecule has 1 aliphatic carbocycles. The second-order valence-electron chi connectivity index (χ2n) is 11.1. The van der Waals surface area contributed by atoms with Crippen molar-refractivity contribution >= 4 is 40.5 Å². The van der Waals surface area contributed by atoms with Gasteiger partial charge in [-0.2, -0.15) is 0 Å². The van der Waals surface area contributed by atoms with Crippen LogP contribution >= 0.6 is 11.3 Å². The van der Waals surface area contributed by atoms with Crippen molar-refractivity contribution in [2.75, 3.05) is 11.9 Å². The minimum atomic E-state index is -1.00. The topological polar surface area (TPSA) is 172 Å². The largest absolute Gasteiger partial charge is 0.481 e. The summed E-state index contributed by atoms with van der Waals surface area (Å²) in [5.74, 6) is -1.24. The highest BCUT2D eigenvalue weighted by atomic mass is 32.1. The SMILES string of the molecule is CCc1ccc2c(c1)C=Cc1cc(C)ccc1C2c1cn(-c2ccnc(CNCC(=O)Nc3nc(CC(=O)O)cs3)n2)c(=O)[nH]c1=O. The monoisotopic (exact) mass is 649 g/mol. The molecule has 4 N–H and O–H groups in total. The minimum Gasteiger partial charge on any atom is -0.481 e. The van der Waals surface area contributed by atoms with Crippen molar-refractivity contribution in [1.82, 2.24) is 29.8 Å². The van der Waals surface area contributed by atoms with Crippen LogP contribution in [0.5, 0.6) is 0 Å². The number of hydrogen-bond acceptors (Lipinski definition) is 9. The number of fused-ring (bicyclic) bond motifs is 2. The molecule has 1 unspecified atom stereocenters. The van der Waals surface area contributed by atoms with E-state index in [0.717, 1.165) is 45.6 Å².